The van der Waals surface area contributed by atoms with E-state index < -0.39 is 6.10 Å². The number of aliphatic hydroxyl groups excluding tert-OH is 1. The fraction of sp³-hybridized carbons (Fsp3) is 0.611. The van der Waals surface area contributed by atoms with Crippen molar-refractivity contribution in [3.8, 4) is 5.75 Å². The van der Waals surface area contributed by atoms with Crippen LogP contribution in [0, 0.1) is 5.92 Å². The second kappa shape index (κ2) is 8.89. The topological polar surface area (TPSA) is 59.0 Å². The second-order valence-corrected chi connectivity index (χ2v) is 5.97. The maximum absolute atomic E-state index is 11.9. The monoisotopic (exact) mass is 321 g/mol. The molecule has 1 aromatic rings. The van der Waals surface area contributed by atoms with E-state index in [0.717, 1.165) is 43.8 Å². The molecular formula is C18H27NO4. The van der Waals surface area contributed by atoms with E-state index in [2.05, 4.69) is 4.90 Å². The van der Waals surface area contributed by atoms with Gasteiger partial charge in [-0.25, -0.2) is 0 Å². The molecule has 0 spiro atoms. The molecule has 0 amide bonds. The quantitative estimate of drug-likeness (QED) is 0.782. The zero-order chi connectivity index (χ0) is 16.7. The van der Waals surface area contributed by atoms with Gasteiger partial charge in [0.2, 0.25) is 0 Å². The molecule has 128 valence electrons. The number of hydrogen-bond donors (Lipinski definition) is 1. The Morgan fingerprint density at radius 3 is 3.04 bits per heavy atom. The molecular weight excluding hydrogens is 294 g/mol. The predicted octanol–water partition coefficient (Wildman–Crippen LogP) is 2.39. The molecule has 2 atom stereocenters. The van der Waals surface area contributed by atoms with Crippen LogP contribution in [0.3, 0.4) is 0 Å². The van der Waals surface area contributed by atoms with Gasteiger partial charge in [-0.3, -0.25) is 4.79 Å². The van der Waals surface area contributed by atoms with E-state index in [1.807, 2.05) is 31.2 Å². The Morgan fingerprint density at radius 1 is 1.48 bits per heavy atom. The van der Waals surface area contributed by atoms with Crippen LogP contribution in [0.25, 0.3) is 0 Å². The molecule has 0 bridgehead atoms. The molecule has 23 heavy (non-hydrogen) atoms. The zero-order valence-corrected chi connectivity index (χ0v) is 14.0. The highest BCUT2D eigenvalue weighted by Gasteiger charge is 2.26. The van der Waals surface area contributed by atoms with Gasteiger partial charge >= 0.3 is 5.97 Å². The van der Waals surface area contributed by atoms with Crippen LogP contribution in [-0.2, 0) is 9.53 Å². The normalized spacial score (nSPS) is 20.0. The Morgan fingerprint density at radius 2 is 2.30 bits per heavy atom. The number of rotatable bonds is 7. The third-order valence-corrected chi connectivity index (χ3v) is 4.32. The van der Waals surface area contributed by atoms with E-state index in [0.29, 0.717) is 13.0 Å². The Hall–Kier alpha value is -1.59. The first-order valence-corrected chi connectivity index (χ1v) is 8.35. The van der Waals surface area contributed by atoms with Crippen molar-refractivity contribution in [3.05, 3.63) is 29.8 Å². The van der Waals surface area contributed by atoms with Crippen molar-refractivity contribution in [2.45, 2.75) is 32.3 Å². The minimum absolute atomic E-state index is 0.0299. The lowest BCUT2D eigenvalue weighted by molar-refractivity contribution is -0.149. The van der Waals surface area contributed by atoms with E-state index in [-0.39, 0.29) is 11.9 Å². The fourth-order valence-electron chi connectivity index (χ4n) is 3.03. The largest absolute Gasteiger partial charge is 0.497 e. The summed E-state index contributed by atoms with van der Waals surface area (Å²) in [4.78, 5) is 14.1. The lowest BCUT2D eigenvalue weighted by atomic mass is 9.97. The first-order valence-electron chi connectivity index (χ1n) is 8.35. The van der Waals surface area contributed by atoms with Crippen LogP contribution in [0.5, 0.6) is 5.75 Å². The Kier molecular flexibility index (Phi) is 6.86. The number of likely N-dealkylation sites (tertiary alicyclic amines) is 1. The summed E-state index contributed by atoms with van der Waals surface area (Å²) in [6, 6.07) is 7.52. The molecule has 1 aliphatic rings. The molecule has 1 aliphatic heterocycles. The summed E-state index contributed by atoms with van der Waals surface area (Å²) in [5.74, 6) is 0.630. The first-order chi connectivity index (χ1) is 11.1. The summed E-state index contributed by atoms with van der Waals surface area (Å²) in [6.07, 6.45) is 2.02. The first kappa shape index (κ1) is 17.8. The SMILES string of the molecule is CCOC(=O)C1CCCN(CCC(O)c2cccc(OC)c2)C1. The van der Waals surface area contributed by atoms with Gasteiger partial charge in [-0.2, -0.15) is 0 Å². The summed E-state index contributed by atoms with van der Waals surface area (Å²) in [6.45, 7) is 4.74. The molecule has 0 aromatic heterocycles. The highest BCUT2D eigenvalue weighted by molar-refractivity contribution is 5.72. The van der Waals surface area contributed by atoms with E-state index in [1.165, 1.54) is 0 Å². The van der Waals surface area contributed by atoms with Crippen LogP contribution in [0.2, 0.25) is 0 Å². The maximum Gasteiger partial charge on any atom is 0.310 e. The van der Waals surface area contributed by atoms with Crippen molar-refractivity contribution in [2.75, 3.05) is 33.4 Å². The number of nitrogens with zero attached hydrogens (tertiary/aromatic N) is 1. The van der Waals surface area contributed by atoms with Gasteiger partial charge < -0.3 is 19.5 Å². The van der Waals surface area contributed by atoms with Crippen LogP contribution in [0.4, 0.5) is 0 Å². The molecule has 2 rings (SSSR count). The molecule has 0 aliphatic carbocycles. The Bertz CT molecular complexity index is 506. The number of esters is 1. The smallest absolute Gasteiger partial charge is 0.310 e. The van der Waals surface area contributed by atoms with Crippen molar-refractivity contribution < 1.29 is 19.4 Å². The van der Waals surface area contributed by atoms with Crippen LogP contribution in [0.1, 0.15) is 37.9 Å². The van der Waals surface area contributed by atoms with Gasteiger partial charge in [-0.15, -0.1) is 0 Å². The summed E-state index contributed by atoms with van der Waals surface area (Å²) in [5, 5.41) is 10.4. The van der Waals surface area contributed by atoms with Crippen molar-refractivity contribution >= 4 is 5.97 Å². The average Bonchev–Trinajstić information content (AvgIpc) is 2.60. The summed E-state index contributed by atoms with van der Waals surface area (Å²) < 4.78 is 10.3. The van der Waals surface area contributed by atoms with Gasteiger partial charge in [0.15, 0.2) is 0 Å². The minimum Gasteiger partial charge on any atom is -0.497 e. The van der Waals surface area contributed by atoms with Gasteiger partial charge in [0.25, 0.3) is 0 Å². The Labute approximate surface area is 138 Å². The van der Waals surface area contributed by atoms with Gasteiger partial charge in [0, 0.05) is 13.1 Å². The average molecular weight is 321 g/mol. The van der Waals surface area contributed by atoms with Gasteiger partial charge in [-0.1, -0.05) is 12.1 Å². The van der Waals surface area contributed by atoms with Crippen LogP contribution in [0.15, 0.2) is 24.3 Å². The zero-order valence-electron chi connectivity index (χ0n) is 14.0. The van der Waals surface area contributed by atoms with Crippen LogP contribution >= 0.6 is 0 Å². The standard InChI is InChI=1S/C18H27NO4/c1-3-23-18(21)15-7-5-10-19(13-15)11-9-17(20)14-6-4-8-16(12-14)22-2/h4,6,8,12,15,17,20H,3,5,7,9-11,13H2,1-2H3. The lowest BCUT2D eigenvalue weighted by Crippen LogP contribution is -2.40. The lowest BCUT2D eigenvalue weighted by Gasteiger charge is -2.32. The molecule has 0 radical (unpaired) electrons. The van der Waals surface area contributed by atoms with Gasteiger partial charge in [0.1, 0.15) is 5.75 Å². The van der Waals surface area contributed by atoms with Crippen molar-refractivity contribution in [2.24, 2.45) is 5.92 Å². The number of carbonyl (C=O) groups is 1. The number of piperidine rings is 1. The molecule has 1 heterocycles. The van der Waals surface area contributed by atoms with E-state index >= 15 is 0 Å². The molecule has 1 aromatic carbocycles. The van der Waals surface area contributed by atoms with Crippen LogP contribution in [-0.4, -0.2) is 49.3 Å². The summed E-state index contributed by atoms with van der Waals surface area (Å²) >= 11 is 0. The van der Waals surface area contributed by atoms with Gasteiger partial charge in [0.05, 0.1) is 25.7 Å². The number of hydrogen-bond acceptors (Lipinski definition) is 5. The molecule has 0 saturated carbocycles. The van der Waals surface area contributed by atoms with E-state index in [9.17, 15) is 9.90 Å². The number of carbonyl (C=O) groups excluding carboxylic acids is 1. The summed E-state index contributed by atoms with van der Waals surface area (Å²) in [5.41, 5.74) is 0.864. The fourth-order valence-corrected chi connectivity index (χ4v) is 3.03. The second-order valence-electron chi connectivity index (χ2n) is 5.97. The predicted molar refractivity (Wildman–Crippen MR) is 88.4 cm³/mol. The van der Waals surface area contributed by atoms with E-state index in [1.54, 1.807) is 7.11 Å². The van der Waals surface area contributed by atoms with Crippen molar-refractivity contribution in [3.63, 3.8) is 0 Å². The third kappa shape index (κ3) is 5.22. The number of methoxy groups -OCH3 is 1. The highest BCUT2D eigenvalue weighted by Crippen LogP contribution is 2.23. The molecule has 5 heteroatoms. The molecule has 5 nitrogen and oxygen atoms in total. The number of ether oxygens (including phenoxy) is 2. The molecule has 1 fully saturated rings. The summed E-state index contributed by atoms with van der Waals surface area (Å²) in [7, 11) is 1.62. The van der Waals surface area contributed by atoms with Crippen molar-refractivity contribution in [1.82, 2.24) is 4.90 Å². The maximum atomic E-state index is 11.9. The number of aliphatic hydroxyl groups is 1. The molecule has 1 saturated heterocycles. The van der Waals surface area contributed by atoms with E-state index in [4.69, 9.17) is 9.47 Å². The third-order valence-electron chi connectivity index (χ3n) is 4.32. The number of benzene rings is 1. The molecule has 2 unspecified atom stereocenters. The highest BCUT2D eigenvalue weighted by atomic mass is 16.5. The van der Waals surface area contributed by atoms with Gasteiger partial charge in [-0.05, 0) is 50.4 Å². The Balaban J connectivity index is 1.83. The van der Waals surface area contributed by atoms with Crippen molar-refractivity contribution in [1.29, 1.82) is 0 Å². The molecule has 1 N–H and O–H groups in total. The minimum atomic E-state index is -0.520. The van der Waals surface area contributed by atoms with Crippen LogP contribution < -0.4 is 4.74 Å².